The summed E-state index contributed by atoms with van der Waals surface area (Å²) in [5.41, 5.74) is 0. The SMILES string of the molecule is CN1CCC(CCC(=O)CCC2CCN(C)CC2)CC1. The molecule has 0 atom stereocenters. The smallest absolute Gasteiger partial charge is 0.132 e. The second-order valence-corrected chi connectivity index (χ2v) is 7.11. The quantitative estimate of drug-likeness (QED) is 0.747. The van der Waals surface area contributed by atoms with Crippen molar-refractivity contribution in [2.45, 2.75) is 51.4 Å². The lowest BCUT2D eigenvalue weighted by molar-refractivity contribution is -0.119. The van der Waals surface area contributed by atoms with Crippen molar-refractivity contribution < 1.29 is 4.79 Å². The second kappa shape index (κ2) is 8.14. The molecule has 0 saturated carbocycles. The largest absolute Gasteiger partial charge is 0.306 e. The molecule has 2 aliphatic heterocycles. The zero-order chi connectivity index (χ0) is 14.4. The van der Waals surface area contributed by atoms with Crippen molar-refractivity contribution in [3.8, 4) is 0 Å². The average Bonchev–Trinajstić information content (AvgIpc) is 2.46. The molecule has 0 aliphatic carbocycles. The van der Waals surface area contributed by atoms with E-state index >= 15 is 0 Å². The van der Waals surface area contributed by atoms with E-state index in [9.17, 15) is 4.79 Å². The fourth-order valence-electron chi connectivity index (χ4n) is 3.56. The highest BCUT2D eigenvalue weighted by Gasteiger charge is 2.19. The molecule has 0 aromatic rings. The van der Waals surface area contributed by atoms with Crippen molar-refractivity contribution in [1.29, 1.82) is 0 Å². The Balaban J connectivity index is 1.54. The molecule has 2 fully saturated rings. The maximum atomic E-state index is 12.0. The minimum Gasteiger partial charge on any atom is -0.306 e. The predicted molar refractivity (Wildman–Crippen MR) is 83.9 cm³/mol. The molecule has 116 valence electrons. The summed E-state index contributed by atoms with van der Waals surface area (Å²) < 4.78 is 0. The third-order valence-corrected chi connectivity index (χ3v) is 5.34. The summed E-state index contributed by atoms with van der Waals surface area (Å²) in [5.74, 6) is 2.12. The minimum absolute atomic E-state index is 0.517. The number of nitrogens with zero attached hydrogens (tertiary/aromatic N) is 2. The number of likely N-dealkylation sites (tertiary alicyclic amines) is 2. The molecule has 20 heavy (non-hydrogen) atoms. The highest BCUT2D eigenvalue weighted by molar-refractivity contribution is 5.78. The van der Waals surface area contributed by atoms with Crippen molar-refractivity contribution in [1.82, 2.24) is 9.80 Å². The van der Waals surface area contributed by atoms with Gasteiger partial charge in [0.25, 0.3) is 0 Å². The zero-order valence-corrected chi connectivity index (χ0v) is 13.4. The maximum absolute atomic E-state index is 12.0. The lowest BCUT2D eigenvalue weighted by Crippen LogP contribution is -2.30. The first-order chi connectivity index (χ1) is 9.63. The first kappa shape index (κ1) is 16.0. The van der Waals surface area contributed by atoms with Crippen LogP contribution in [0, 0.1) is 11.8 Å². The highest BCUT2D eigenvalue weighted by Crippen LogP contribution is 2.24. The van der Waals surface area contributed by atoms with Gasteiger partial charge in [-0.2, -0.15) is 0 Å². The first-order valence-corrected chi connectivity index (χ1v) is 8.52. The topological polar surface area (TPSA) is 23.6 Å². The fraction of sp³-hybridized carbons (Fsp3) is 0.941. The number of carbonyl (C=O) groups excluding carboxylic acids is 1. The van der Waals surface area contributed by atoms with Gasteiger partial charge in [0.15, 0.2) is 0 Å². The zero-order valence-electron chi connectivity index (χ0n) is 13.4. The summed E-state index contributed by atoms with van der Waals surface area (Å²) in [7, 11) is 4.39. The maximum Gasteiger partial charge on any atom is 0.132 e. The molecule has 0 aromatic heterocycles. The van der Waals surface area contributed by atoms with Crippen LogP contribution in [-0.2, 0) is 4.79 Å². The Morgan fingerprint density at radius 3 is 1.50 bits per heavy atom. The van der Waals surface area contributed by atoms with Gasteiger partial charge in [0.05, 0.1) is 0 Å². The molecular formula is C17H32N2O. The molecular weight excluding hydrogens is 248 g/mol. The van der Waals surface area contributed by atoms with Crippen molar-refractivity contribution in [2.75, 3.05) is 40.3 Å². The third kappa shape index (κ3) is 5.53. The molecule has 0 unspecified atom stereocenters. The molecule has 2 heterocycles. The lowest BCUT2D eigenvalue weighted by Gasteiger charge is -2.29. The molecule has 0 amide bonds. The number of rotatable bonds is 6. The van der Waals surface area contributed by atoms with Gasteiger partial charge in [0.2, 0.25) is 0 Å². The van der Waals surface area contributed by atoms with Crippen LogP contribution in [0.15, 0.2) is 0 Å². The van der Waals surface area contributed by atoms with Crippen molar-refractivity contribution in [3.05, 3.63) is 0 Å². The van der Waals surface area contributed by atoms with Crippen LogP contribution in [0.2, 0.25) is 0 Å². The van der Waals surface area contributed by atoms with Gasteiger partial charge in [-0.25, -0.2) is 0 Å². The highest BCUT2D eigenvalue weighted by atomic mass is 16.1. The van der Waals surface area contributed by atoms with Gasteiger partial charge in [-0.3, -0.25) is 4.79 Å². The molecule has 0 spiro atoms. The molecule has 2 saturated heterocycles. The van der Waals surface area contributed by atoms with Gasteiger partial charge in [0, 0.05) is 12.8 Å². The number of Topliss-reactive ketones (excluding diaryl/α,β-unsaturated/α-hetero) is 1. The molecule has 0 N–H and O–H groups in total. The van der Waals surface area contributed by atoms with E-state index < -0.39 is 0 Å². The summed E-state index contributed by atoms with van der Waals surface area (Å²) in [6, 6.07) is 0. The number of ketones is 1. The lowest BCUT2D eigenvalue weighted by atomic mass is 9.88. The Hall–Kier alpha value is -0.410. The number of hydrogen-bond acceptors (Lipinski definition) is 3. The molecule has 3 heteroatoms. The molecule has 3 nitrogen and oxygen atoms in total. The summed E-state index contributed by atoms with van der Waals surface area (Å²) in [6.07, 6.45) is 9.11. The van der Waals surface area contributed by atoms with E-state index in [0.717, 1.165) is 37.5 Å². The normalized spacial score (nSPS) is 24.1. The molecule has 2 aliphatic rings. The summed E-state index contributed by atoms with van der Waals surface area (Å²) in [4.78, 5) is 16.8. The van der Waals surface area contributed by atoms with Crippen LogP contribution < -0.4 is 0 Å². The van der Waals surface area contributed by atoms with Crippen molar-refractivity contribution >= 4 is 5.78 Å². The van der Waals surface area contributed by atoms with Crippen molar-refractivity contribution in [3.63, 3.8) is 0 Å². The van der Waals surface area contributed by atoms with Gasteiger partial charge in [0.1, 0.15) is 5.78 Å². The second-order valence-electron chi connectivity index (χ2n) is 7.11. The van der Waals surface area contributed by atoms with E-state index in [-0.39, 0.29) is 0 Å². The molecule has 0 bridgehead atoms. The summed E-state index contributed by atoms with van der Waals surface area (Å²) in [5, 5.41) is 0. The van der Waals surface area contributed by atoms with Crippen LogP contribution in [0.1, 0.15) is 51.4 Å². The number of piperidine rings is 2. The Labute approximate surface area is 124 Å². The third-order valence-electron chi connectivity index (χ3n) is 5.34. The Bertz CT molecular complexity index is 261. The van der Waals surface area contributed by atoms with Gasteiger partial charge in [-0.05, 0) is 90.6 Å². The van der Waals surface area contributed by atoms with Crippen LogP contribution in [0.3, 0.4) is 0 Å². The van der Waals surface area contributed by atoms with E-state index in [1.807, 2.05) is 0 Å². The van der Waals surface area contributed by atoms with Gasteiger partial charge >= 0.3 is 0 Å². The molecule has 0 radical (unpaired) electrons. The number of carbonyl (C=O) groups is 1. The molecule has 0 aromatic carbocycles. The van der Waals surface area contributed by atoms with E-state index in [1.165, 1.54) is 51.9 Å². The monoisotopic (exact) mass is 280 g/mol. The van der Waals surface area contributed by atoms with Crippen molar-refractivity contribution in [2.24, 2.45) is 11.8 Å². The standard InChI is InChI=1S/C17H32N2O/c1-18-11-7-15(8-12-18)3-5-17(20)6-4-16-9-13-19(2)14-10-16/h15-16H,3-14H2,1-2H3. The predicted octanol–water partition coefficient (Wildman–Crippen LogP) is 2.80. The average molecular weight is 280 g/mol. The van der Waals surface area contributed by atoms with E-state index in [2.05, 4.69) is 23.9 Å². The molecule has 2 rings (SSSR count). The Morgan fingerprint density at radius 1 is 0.800 bits per heavy atom. The van der Waals surface area contributed by atoms with Gasteiger partial charge in [-0.1, -0.05) is 0 Å². The van der Waals surface area contributed by atoms with E-state index in [1.54, 1.807) is 0 Å². The van der Waals surface area contributed by atoms with Crippen LogP contribution >= 0.6 is 0 Å². The van der Waals surface area contributed by atoms with Crippen LogP contribution in [0.25, 0.3) is 0 Å². The van der Waals surface area contributed by atoms with Gasteiger partial charge in [-0.15, -0.1) is 0 Å². The van der Waals surface area contributed by atoms with Gasteiger partial charge < -0.3 is 9.80 Å². The van der Waals surface area contributed by atoms with Crippen LogP contribution in [0.4, 0.5) is 0 Å². The Kier molecular flexibility index (Phi) is 6.50. The van der Waals surface area contributed by atoms with E-state index in [4.69, 9.17) is 0 Å². The van der Waals surface area contributed by atoms with Crippen LogP contribution in [0.5, 0.6) is 0 Å². The Morgan fingerprint density at radius 2 is 1.15 bits per heavy atom. The fourth-order valence-corrected chi connectivity index (χ4v) is 3.56. The summed E-state index contributed by atoms with van der Waals surface area (Å²) >= 11 is 0. The minimum atomic E-state index is 0.517. The first-order valence-electron chi connectivity index (χ1n) is 8.52. The van der Waals surface area contributed by atoms with Crippen LogP contribution in [-0.4, -0.2) is 55.9 Å². The number of hydrogen-bond donors (Lipinski definition) is 0. The summed E-state index contributed by atoms with van der Waals surface area (Å²) in [6.45, 7) is 4.87. The van der Waals surface area contributed by atoms with E-state index in [0.29, 0.717) is 5.78 Å².